The summed E-state index contributed by atoms with van der Waals surface area (Å²) in [6.07, 6.45) is 3.16. The highest BCUT2D eigenvalue weighted by Gasteiger charge is 2.69. The van der Waals surface area contributed by atoms with Crippen LogP contribution in [0.25, 0.3) is 0 Å². The molecule has 3 nitrogen and oxygen atoms in total. The molecular weight excluding hydrogens is 334 g/mol. The molecule has 1 amide bonds. The van der Waals surface area contributed by atoms with E-state index in [9.17, 15) is 9.90 Å². The van der Waals surface area contributed by atoms with Gasteiger partial charge in [0.1, 0.15) is 5.60 Å². The third-order valence-electron chi connectivity index (χ3n) is 6.87. The molecule has 3 rings (SSSR count). The minimum Gasteiger partial charge on any atom is -0.384 e. The van der Waals surface area contributed by atoms with Gasteiger partial charge in [-0.1, -0.05) is 53.1 Å². The number of carbonyl (C=O) groups is 1. The monoisotopic (exact) mass is 363 g/mol. The maximum absolute atomic E-state index is 12.6. The summed E-state index contributed by atoms with van der Waals surface area (Å²) in [6.45, 7) is 12.1. The largest absolute Gasteiger partial charge is 0.384 e. The fraction of sp³-hybridized carbons (Fsp3) is 0.667. The van der Waals surface area contributed by atoms with Gasteiger partial charge in [0.15, 0.2) is 0 Å². The maximum atomic E-state index is 12.6. The van der Waals surface area contributed by atoms with Crippen molar-refractivity contribution >= 4 is 23.2 Å². The molecule has 2 aliphatic carbocycles. The molecule has 2 bridgehead atoms. The van der Waals surface area contributed by atoms with Crippen LogP contribution in [0.2, 0.25) is 5.02 Å². The standard InChI is InChI=1S/C21H30ClNO2/c1-18(2,3)17(24)23-16-8-7-14(22)11-15(16)21(25)19(4,5)13-9-10-20(21,6)12-13/h7-8,11,13,25H,9-10,12H2,1-6H3,(H,23,24)/t13-,20+,21-/m1/s1. The number of nitrogens with one attached hydrogen (secondary N) is 1. The third-order valence-corrected chi connectivity index (χ3v) is 7.10. The molecule has 0 radical (unpaired) electrons. The lowest BCUT2D eigenvalue weighted by Crippen LogP contribution is -2.51. The van der Waals surface area contributed by atoms with Crippen LogP contribution in [-0.2, 0) is 10.4 Å². The zero-order valence-electron chi connectivity index (χ0n) is 16.2. The normalized spacial score (nSPS) is 33.5. The molecule has 3 atom stereocenters. The van der Waals surface area contributed by atoms with E-state index >= 15 is 0 Å². The molecule has 0 aliphatic heterocycles. The Kier molecular flexibility index (Phi) is 4.09. The van der Waals surface area contributed by atoms with E-state index in [-0.39, 0.29) is 16.7 Å². The highest BCUT2D eigenvalue weighted by Crippen LogP contribution is 2.72. The zero-order valence-corrected chi connectivity index (χ0v) is 16.9. The van der Waals surface area contributed by atoms with Gasteiger partial charge >= 0.3 is 0 Å². The summed E-state index contributed by atoms with van der Waals surface area (Å²) in [6, 6.07) is 5.44. The highest BCUT2D eigenvalue weighted by molar-refractivity contribution is 6.30. The van der Waals surface area contributed by atoms with Crippen LogP contribution in [0.5, 0.6) is 0 Å². The van der Waals surface area contributed by atoms with Gasteiger partial charge in [0.05, 0.1) is 0 Å². The van der Waals surface area contributed by atoms with Crippen molar-refractivity contribution in [2.45, 2.75) is 66.4 Å². The van der Waals surface area contributed by atoms with Crippen molar-refractivity contribution in [1.29, 1.82) is 0 Å². The minimum absolute atomic E-state index is 0.0641. The Hall–Kier alpha value is -1.06. The van der Waals surface area contributed by atoms with Crippen LogP contribution < -0.4 is 5.32 Å². The van der Waals surface area contributed by atoms with E-state index in [1.54, 1.807) is 6.07 Å². The molecule has 0 saturated heterocycles. The van der Waals surface area contributed by atoms with Crippen LogP contribution in [0, 0.1) is 22.2 Å². The van der Waals surface area contributed by atoms with Crippen LogP contribution >= 0.6 is 11.6 Å². The van der Waals surface area contributed by atoms with Gasteiger partial charge < -0.3 is 10.4 Å². The molecule has 138 valence electrons. The van der Waals surface area contributed by atoms with Crippen molar-refractivity contribution in [3.63, 3.8) is 0 Å². The number of amides is 1. The van der Waals surface area contributed by atoms with Crippen LogP contribution in [-0.4, -0.2) is 11.0 Å². The summed E-state index contributed by atoms with van der Waals surface area (Å²) in [7, 11) is 0. The first kappa shape index (κ1) is 18.7. The fourth-order valence-corrected chi connectivity index (χ4v) is 5.34. The maximum Gasteiger partial charge on any atom is 0.229 e. The summed E-state index contributed by atoms with van der Waals surface area (Å²) in [4.78, 5) is 12.6. The van der Waals surface area contributed by atoms with E-state index in [4.69, 9.17) is 11.6 Å². The second kappa shape index (κ2) is 5.47. The summed E-state index contributed by atoms with van der Waals surface area (Å²) < 4.78 is 0. The van der Waals surface area contributed by atoms with Gasteiger partial charge in [-0.05, 0) is 43.4 Å². The number of aliphatic hydroxyl groups is 1. The van der Waals surface area contributed by atoms with Gasteiger partial charge in [-0.15, -0.1) is 0 Å². The fourth-order valence-electron chi connectivity index (χ4n) is 5.17. The third kappa shape index (κ3) is 2.54. The van der Waals surface area contributed by atoms with Crippen molar-refractivity contribution in [1.82, 2.24) is 0 Å². The van der Waals surface area contributed by atoms with E-state index < -0.39 is 11.0 Å². The Bertz CT molecular complexity index is 714. The molecule has 4 heteroatoms. The Balaban J connectivity index is 2.14. The quantitative estimate of drug-likeness (QED) is 0.743. The first-order valence-electron chi connectivity index (χ1n) is 9.17. The van der Waals surface area contributed by atoms with Crippen LogP contribution in [0.4, 0.5) is 5.69 Å². The van der Waals surface area contributed by atoms with Crippen molar-refractivity contribution in [2.24, 2.45) is 22.2 Å². The van der Waals surface area contributed by atoms with E-state index in [0.29, 0.717) is 16.6 Å². The van der Waals surface area contributed by atoms with Gasteiger partial charge in [0.25, 0.3) is 0 Å². The summed E-state index contributed by atoms with van der Waals surface area (Å²) in [5.74, 6) is 0.415. The molecule has 2 aliphatic rings. The topological polar surface area (TPSA) is 49.3 Å². The Morgan fingerprint density at radius 3 is 2.44 bits per heavy atom. The average Bonchev–Trinajstić information content (AvgIpc) is 2.96. The lowest BCUT2D eigenvalue weighted by atomic mass is 9.57. The van der Waals surface area contributed by atoms with Crippen LogP contribution in [0.3, 0.4) is 0 Å². The number of hydrogen-bond acceptors (Lipinski definition) is 2. The Labute approximate surface area is 156 Å². The Morgan fingerprint density at radius 1 is 1.28 bits per heavy atom. The first-order valence-corrected chi connectivity index (χ1v) is 9.54. The first-order chi connectivity index (χ1) is 11.3. The van der Waals surface area contributed by atoms with E-state index in [2.05, 4.69) is 26.1 Å². The molecule has 0 heterocycles. The number of halogens is 1. The van der Waals surface area contributed by atoms with Gasteiger partial charge in [0.2, 0.25) is 5.91 Å². The van der Waals surface area contributed by atoms with Crippen molar-refractivity contribution in [3.8, 4) is 0 Å². The zero-order chi connectivity index (χ0) is 18.8. The van der Waals surface area contributed by atoms with E-state index in [1.807, 2.05) is 32.9 Å². The number of anilines is 1. The van der Waals surface area contributed by atoms with Crippen LogP contribution in [0.15, 0.2) is 18.2 Å². The lowest BCUT2D eigenvalue weighted by Gasteiger charge is -2.51. The average molecular weight is 364 g/mol. The van der Waals surface area contributed by atoms with Gasteiger partial charge in [0, 0.05) is 32.5 Å². The minimum atomic E-state index is -1.02. The molecule has 25 heavy (non-hydrogen) atoms. The molecule has 1 aromatic carbocycles. The van der Waals surface area contributed by atoms with Crippen molar-refractivity contribution in [3.05, 3.63) is 28.8 Å². The molecular formula is C21H30ClNO2. The molecule has 0 unspecified atom stereocenters. The van der Waals surface area contributed by atoms with E-state index in [0.717, 1.165) is 24.8 Å². The summed E-state index contributed by atoms with van der Waals surface area (Å²) in [5, 5.41) is 15.7. The van der Waals surface area contributed by atoms with Crippen molar-refractivity contribution in [2.75, 3.05) is 5.32 Å². The smallest absolute Gasteiger partial charge is 0.229 e. The van der Waals surface area contributed by atoms with Gasteiger partial charge in [-0.25, -0.2) is 0 Å². The molecule has 1 aromatic rings. The number of fused-ring (bicyclic) bond motifs is 2. The van der Waals surface area contributed by atoms with Crippen LogP contribution in [0.1, 0.15) is 66.4 Å². The molecule has 0 aromatic heterocycles. The summed E-state index contributed by atoms with van der Waals surface area (Å²) >= 11 is 6.30. The SMILES string of the molecule is CC(C)(C)C(=O)Nc1ccc(Cl)cc1[C@@]1(O)C(C)(C)[C@@H]2CC[C@@]1(C)C2. The van der Waals surface area contributed by atoms with Gasteiger partial charge in [-0.3, -0.25) is 4.79 Å². The highest BCUT2D eigenvalue weighted by atomic mass is 35.5. The number of benzene rings is 1. The number of carbonyl (C=O) groups excluding carboxylic acids is 1. The molecule has 0 spiro atoms. The predicted molar refractivity (Wildman–Crippen MR) is 103 cm³/mol. The van der Waals surface area contributed by atoms with Crippen molar-refractivity contribution < 1.29 is 9.90 Å². The number of hydrogen-bond donors (Lipinski definition) is 2. The second-order valence-electron chi connectivity index (χ2n) is 9.83. The number of rotatable bonds is 2. The summed E-state index contributed by atoms with van der Waals surface area (Å²) in [5.41, 5.74) is -0.568. The second-order valence-corrected chi connectivity index (χ2v) is 10.3. The molecule has 2 N–H and O–H groups in total. The lowest BCUT2D eigenvalue weighted by molar-refractivity contribution is -0.150. The van der Waals surface area contributed by atoms with Gasteiger partial charge in [-0.2, -0.15) is 0 Å². The molecule has 2 saturated carbocycles. The van der Waals surface area contributed by atoms with E-state index in [1.165, 1.54) is 0 Å². The Morgan fingerprint density at radius 2 is 1.92 bits per heavy atom. The predicted octanol–water partition coefficient (Wildman–Crippen LogP) is 5.36. The molecule has 2 fully saturated rings.